The molecule has 2 aromatic heterocycles. The van der Waals surface area contributed by atoms with Crippen molar-refractivity contribution in [2.75, 3.05) is 16.7 Å². The van der Waals surface area contributed by atoms with E-state index in [1.54, 1.807) is 6.07 Å². The standard InChI is InChI=1S/C18H20ClFN6O2S/c1-18(2,3)16-24-14(15(25-16)11-5-6-22-17(21)23-11)10-7-9(20)8-12(13(10)19)26-29(4,27)28/h5-8,26H,1-4H3,(H,24,25)(H2,21,22,23). The lowest BCUT2D eigenvalue weighted by Crippen LogP contribution is -2.13. The molecule has 0 bridgehead atoms. The van der Waals surface area contributed by atoms with Crippen molar-refractivity contribution in [3.05, 3.63) is 41.1 Å². The average molecular weight is 439 g/mol. The van der Waals surface area contributed by atoms with Crippen LogP contribution in [0.4, 0.5) is 16.0 Å². The second-order valence-corrected chi connectivity index (χ2v) is 9.67. The van der Waals surface area contributed by atoms with Gasteiger partial charge in [-0.3, -0.25) is 4.72 Å². The number of sulfonamides is 1. The molecule has 8 nitrogen and oxygen atoms in total. The molecule has 0 spiro atoms. The number of nitrogens with zero attached hydrogens (tertiary/aromatic N) is 3. The third kappa shape index (κ3) is 4.65. The Balaban J connectivity index is 2.29. The molecular formula is C18H20ClFN6O2S. The van der Waals surface area contributed by atoms with Crippen LogP contribution in [-0.4, -0.2) is 34.6 Å². The Kier molecular flexibility index (Phi) is 5.26. The van der Waals surface area contributed by atoms with Crippen LogP contribution >= 0.6 is 11.6 Å². The number of anilines is 2. The van der Waals surface area contributed by atoms with Gasteiger partial charge in [0.1, 0.15) is 11.6 Å². The van der Waals surface area contributed by atoms with Crippen LogP contribution in [0.2, 0.25) is 5.02 Å². The minimum atomic E-state index is -3.67. The lowest BCUT2D eigenvalue weighted by atomic mass is 9.96. The number of benzene rings is 1. The predicted octanol–water partition coefficient (Wildman–Crippen LogP) is 3.58. The van der Waals surface area contributed by atoms with Crippen molar-refractivity contribution in [2.24, 2.45) is 0 Å². The Morgan fingerprint density at radius 1 is 1.24 bits per heavy atom. The first kappa shape index (κ1) is 21.0. The normalized spacial score (nSPS) is 12.2. The topological polar surface area (TPSA) is 127 Å². The van der Waals surface area contributed by atoms with Gasteiger partial charge in [-0.05, 0) is 18.2 Å². The zero-order valence-corrected chi connectivity index (χ0v) is 17.8. The first-order valence-electron chi connectivity index (χ1n) is 8.52. The molecule has 4 N–H and O–H groups in total. The van der Waals surface area contributed by atoms with Gasteiger partial charge in [-0.25, -0.2) is 27.8 Å². The van der Waals surface area contributed by atoms with E-state index in [4.69, 9.17) is 17.3 Å². The fourth-order valence-corrected chi connectivity index (χ4v) is 3.52. The first-order valence-corrected chi connectivity index (χ1v) is 10.8. The van der Waals surface area contributed by atoms with Gasteiger partial charge >= 0.3 is 0 Å². The molecule has 0 atom stereocenters. The summed E-state index contributed by atoms with van der Waals surface area (Å²) >= 11 is 6.43. The van der Waals surface area contributed by atoms with E-state index < -0.39 is 15.8 Å². The van der Waals surface area contributed by atoms with E-state index in [1.165, 1.54) is 12.3 Å². The van der Waals surface area contributed by atoms with Crippen molar-refractivity contribution in [1.82, 2.24) is 19.9 Å². The number of hydrogen-bond donors (Lipinski definition) is 3. The molecule has 0 aliphatic rings. The van der Waals surface area contributed by atoms with E-state index in [-0.39, 0.29) is 27.6 Å². The summed E-state index contributed by atoms with van der Waals surface area (Å²) < 4.78 is 39.8. The molecule has 0 amide bonds. The number of hydrogen-bond acceptors (Lipinski definition) is 6. The maximum atomic E-state index is 14.3. The van der Waals surface area contributed by atoms with E-state index in [9.17, 15) is 12.8 Å². The van der Waals surface area contributed by atoms with E-state index in [1.807, 2.05) is 20.8 Å². The molecule has 0 saturated heterocycles. The van der Waals surface area contributed by atoms with Crippen LogP contribution in [0.25, 0.3) is 22.6 Å². The quantitative estimate of drug-likeness (QED) is 0.571. The van der Waals surface area contributed by atoms with Crippen LogP contribution in [0, 0.1) is 5.82 Å². The Hall–Kier alpha value is -2.72. The molecule has 0 radical (unpaired) electrons. The molecule has 3 aromatic rings. The molecule has 0 unspecified atom stereocenters. The zero-order chi connectivity index (χ0) is 21.6. The Morgan fingerprint density at radius 3 is 2.52 bits per heavy atom. The van der Waals surface area contributed by atoms with Gasteiger partial charge in [-0.1, -0.05) is 32.4 Å². The van der Waals surface area contributed by atoms with Gasteiger partial charge in [-0.15, -0.1) is 0 Å². The Labute approximate surface area is 172 Å². The molecule has 154 valence electrons. The SMILES string of the molecule is CC(C)(C)c1nc(-c2cc(F)cc(NS(C)(=O)=O)c2Cl)c(-c2ccnc(N)n2)[nH]1. The van der Waals surface area contributed by atoms with Gasteiger partial charge in [0.2, 0.25) is 16.0 Å². The molecule has 29 heavy (non-hydrogen) atoms. The highest BCUT2D eigenvalue weighted by molar-refractivity contribution is 7.92. The molecular weight excluding hydrogens is 419 g/mol. The van der Waals surface area contributed by atoms with Crippen LogP contribution in [0.5, 0.6) is 0 Å². The summed E-state index contributed by atoms with van der Waals surface area (Å²) in [7, 11) is -3.67. The number of nitrogens with one attached hydrogen (secondary N) is 2. The smallest absolute Gasteiger partial charge is 0.229 e. The largest absolute Gasteiger partial charge is 0.368 e. The van der Waals surface area contributed by atoms with Crippen LogP contribution < -0.4 is 10.5 Å². The highest BCUT2D eigenvalue weighted by atomic mass is 35.5. The summed E-state index contributed by atoms with van der Waals surface area (Å²) in [6.45, 7) is 5.87. The van der Waals surface area contributed by atoms with Crippen molar-refractivity contribution < 1.29 is 12.8 Å². The summed E-state index contributed by atoms with van der Waals surface area (Å²) in [5.41, 5.74) is 6.68. The Bertz CT molecular complexity index is 1190. The number of halogens is 2. The first-order chi connectivity index (χ1) is 13.3. The lowest BCUT2D eigenvalue weighted by molar-refractivity contribution is 0.553. The van der Waals surface area contributed by atoms with Crippen LogP contribution in [0.3, 0.4) is 0 Å². The summed E-state index contributed by atoms with van der Waals surface area (Å²) in [4.78, 5) is 15.9. The number of nitrogen functional groups attached to an aromatic ring is 1. The van der Waals surface area contributed by atoms with E-state index in [0.29, 0.717) is 22.9 Å². The van der Waals surface area contributed by atoms with Gasteiger partial charge in [-0.2, -0.15) is 0 Å². The number of aromatic nitrogens is 4. The van der Waals surface area contributed by atoms with Gasteiger partial charge < -0.3 is 10.7 Å². The third-order valence-corrected chi connectivity index (χ3v) is 4.93. The predicted molar refractivity (Wildman–Crippen MR) is 112 cm³/mol. The van der Waals surface area contributed by atoms with Crippen LogP contribution in [0.15, 0.2) is 24.4 Å². The highest BCUT2D eigenvalue weighted by Crippen LogP contribution is 2.40. The van der Waals surface area contributed by atoms with Crippen LogP contribution in [0.1, 0.15) is 26.6 Å². The molecule has 3 rings (SSSR count). The Morgan fingerprint density at radius 2 is 1.93 bits per heavy atom. The summed E-state index contributed by atoms with van der Waals surface area (Å²) in [5.74, 6) is -0.00762. The van der Waals surface area contributed by atoms with Crippen molar-refractivity contribution in [3.63, 3.8) is 0 Å². The van der Waals surface area contributed by atoms with Crippen molar-refractivity contribution in [2.45, 2.75) is 26.2 Å². The van der Waals surface area contributed by atoms with Gasteiger partial charge in [0.25, 0.3) is 0 Å². The second-order valence-electron chi connectivity index (χ2n) is 7.55. The van der Waals surface area contributed by atoms with Gasteiger partial charge in [0, 0.05) is 17.2 Å². The van der Waals surface area contributed by atoms with Gasteiger partial charge in [0.05, 0.1) is 34.0 Å². The lowest BCUT2D eigenvalue weighted by Gasteiger charge is -2.14. The van der Waals surface area contributed by atoms with Crippen LogP contribution in [-0.2, 0) is 15.4 Å². The van der Waals surface area contributed by atoms with Crippen molar-refractivity contribution >= 4 is 33.3 Å². The monoisotopic (exact) mass is 438 g/mol. The minimum Gasteiger partial charge on any atom is -0.368 e. The molecule has 0 aliphatic carbocycles. The number of nitrogens with two attached hydrogens (primary N) is 1. The highest BCUT2D eigenvalue weighted by Gasteiger charge is 2.25. The molecule has 11 heteroatoms. The maximum Gasteiger partial charge on any atom is 0.229 e. The fourth-order valence-electron chi connectivity index (χ4n) is 2.66. The van der Waals surface area contributed by atoms with E-state index in [0.717, 1.165) is 12.3 Å². The fraction of sp³-hybridized carbons (Fsp3) is 0.278. The van der Waals surface area contributed by atoms with Crippen molar-refractivity contribution in [1.29, 1.82) is 0 Å². The van der Waals surface area contributed by atoms with E-state index in [2.05, 4.69) is 24.7 Å². The second kappa shape index (κ2) is 7.27. The molecule has 0 saturated carbocycles. The third-order valence-electron chi connectivity index (χ3n) is 3.93. The molecule has 2 heterocycles. The molecule has 1 aromatic carbocycles. The van der Waals surface area contributed by atoms with E-state index >= 15 is 0 Å². The number of H-pyrrole nitrogens is 1. The number of imidazole rings is 1. The average Bonchev–Trinajstić information content (AvgIpc) is 3.02. The number of rotatable bonds is 4. The molecule has 0 fully saturated rings. The number of aromatic amines is 1. The summed E-state index contributed by atoms with van der Waals surface area (Å²) in [5, 5.41) is 0.00654. The summed E-state index contributed by atoms with van der Waals surface area (Å²) in [6.07, 6.45) is 2.44. The minimum absolute atomic E-state index is 0.00654. The van der Waals surface area contributed by atoms with Gasteiger partial charge in [0.15, 0.2) is 0 Å². The maximum absolute atomic E-state index is 14.3. The zero-order valence-electron chi connectivity index (χ0n) is 16.2. The van der Waals surface area contributed by atoms with Crippen molar-refractivity contribution in [3.8, 4) is 22.6 Å². The molecule has 0 aliphatic heterocycles. The summed E-state index contributed by atoms with van der Waals surface area (Å²) in [6, 6.07) is 3.82.